The van der Waals surface area contributed by atoms with Crippen molar-refractivity contribution in [3.8, 4) is 11.8 Å². The number of benzene rings is 1. The molecule has 1 aliphatic carbocycles. The van der Waals surface area contributed by atoms with Crippen LogP contribution in [0, 0.1) is 16.7 Å². The first-order valence-corrected chi connectivity index (χ1v) is 9.22. The normalized spacial score (nSPS) is 21.8. The molecular weight excluding hydrogens is 420 g/mol. The molecule has 3 rings (SSSR count). The first-order chi connectivity index (χ1) is 12.2. The van der Waals surface area contributed by atoms with Crippen molar-refractivity contribution in [2.75, 3.05) is 7.11 Å². The summed E-state index contributed by atoms with van der Waals surface area (Å²) in [4.78, 5) is 13.0. The molecule has 0 saturated heterocycles. The van der Waals surface area contributed by atoms with E-state index in [-0.39, 0.29) is 22.7 Å². The Morgan fingerprint density at radius 1 is 1.42 bits per heavy atom. The Morgan fingerprint density at radius 2 is 2.12 bits per heavy atom. The highest BCUT2D eigenvalue weighted by atomic mass is 79.9. The number of allylic oxidation sites excluding steroid dienone is 3. The highest BCUT2D eigenvalue weighted by Crippen LogP contribution is 2.50. The molecule has 0 radical (unpaired) electrons. The first-order valence-electron chi connectivity index (χ1n) is 8.05. The van der Waals surface area contributed by atoms with E-state index >= 15 is 0 Å². The quantitative estimate of drug-likeness (QED) is 0.733. The highest BCUT2D eigenvalue weighted by Gasteiger charge is 2.44. The lowest BCUT2D eigenvalue weighted by atomic mass is 9.70. The maximum atomic E-state index is 13.0. The molecular formula is C19H18BrClN2O3. The van der Waals surface area contributed by atoms with E-state index in [1.807, 2.05) is 13.8 Å². The summed E-state index contributed by atoms with van der Waals surface area (Å²) in [5.74, 6) is 0.314. The number of methoxy groups -OCH3 is 1. The zero-order valence-corrected chi connectivity index (χ0v) is 17.0. The number of Topliss-reactive ketones (excluding diaryl/α,β-unsaturated/α-hetero) is 1. The van der Waals surface area contributed by atoms with Gasteiger partial charge in [-0.25, -0.2) is 0 Å². The molecule has 1 aliphatic heterocycles. The van der Waals surface area contributed by atoms with Crippen LogP contribution in [0.3, 0.4) is 0 Å². The zero-order valence-electron chi connectivity index (χ0n) is 14.7. The summed E-state index contributed by atoms with van der Waals surface area (Å²) in [6, 6.07) is 5.49. The van der Waals surface area contributed by atoms with Crippen molar-refractivity contribution < 1.29 is 14.3 Å². The van der Waals surface area contributed by atoms with Crippen molar-refractivity contribution in [1.82, 2.24) is 0 Å². The molecule has 0 spiro atoms. The number of ketones is 1. The number of nitrogens with two attached hydrogens (primary N) is 1. The fourth-order valence-electron chi connectivity index (χ4n) is 3.61. The predicted octanol–water partition coefficient (Wildman–Crippen LogP) is 4.56. The molecule has 2 N–H and O–H groups in total. The summed E-state index contributed by atoms with van der Waals surface area (Å²) in [6.07, 6.45) is 0.933. The number of rotatable bonds is 2. The van der Waals surface area contributed by atoms with E-state index in [2.05, 4.69) is 22.0 Å². The number of hydrogen-bond donors (Lipinski definition) is 1. The van der Waals surface area contributed by atoms with Gasteiger partial charge in [-0.3, -0.25) is 4.79 Å². The monoisotopic (exact) mass is 436 g/mol. The number of ether oxygens (including phenoxy) is 2. The summed E-state index contributed by atoms with van der Waals surface area (Å²) < 4.78 is 11.8. The van der Waals surface area contributed by atoms with Crippen LogP contribution in [0.1, 0.15) is 38.2 Å². The average Bonchev–Trinajstić information content (AvgIpc) is 2.51. The number of halogens is 2. The van der Waals surface area contributed by atoms with Crippen LogP contribution in [-0.2, 0) is 9.53 Å². The molecule has 26 heavy (non-hydrogen) atoms. The van der Waals surface area contributed by atoms with Gasteiger partial charge in [0.15, 0.2) is 5.78 Å². The van der Waals surface area contributed by atoms with Crippen molar-refractivity contribution in [1.29, 1.82) is 5.26 Å². The molecule has 0 bridgehead atoms. The maximum Gasteiger partial charge on any atom is 0.205 e. The number of carbonyl (C=O) groups excluding carboxylic acids is 1. The molecule has 1 heterocycles. The van der Waals surface area contributed by atoms with Crippen molar-refractivity contribution >= 4 is 33.3 Å². The van der Waals surface area contributed by atoms with Crippen LogP contribution >= 0.6 is 27.5 Å². The number of hydrogen-bond acceptors (Lipinski definition) is 5. The minimum atomic E-state index is -0.669. The minimum Gasteiger partial charge on any atom is -0.495 e. The summed E-state index contributed by atoms with van der Waals surface area (Å²) in [7, 11) is 1.52. The van der Waals surface area contributed by atoms with Gasteiger partial charge in [0.05, 0.1) is 17.5 Å². The van der Waals surface area contributed by atoms with Gasteiger partial charge in [0.2, 0.25) is 5.88 Å². The summed E-state index contributed by atoms with van der Waals surface area (Å²) in [6.45, 7) is 4.01. The van der Waals surface area contributed by atoms with E-state index in [1.165, 1.54) is 7.11 Å². The van der Waals surface area contributed by atoms with E-state index < -0.39 is 5.92 Å². The van der Waals surface area contributed by atoms with Gasteiger partial charge in [-0.1, -0.05) is 25.4 Å². The Hall–Kier alpha value is -1.97. The smallest absolute Gasteiger partial charge is 0.205 e. The molecule has 7 heteroatoms. The molecule has 0 aromatic heterocycles. The topological polar surface area (TPSA) is 85.3 Å². The lowest BCUT2D eigenvalue weighted by Gasteiger charge is -2.37. The van der Waals surface area contributed by atoms with Gasteiger partial charge >= 0.3 is 0 Å². The SMILES string of the molecule is COc1c(Br)cc(Cl)cc1[C@H]1C(C#N)=C(N)OC2=C1C(=O)CC(C)(C)C2. The average molecular weight is 438 g/mol. The maximum absolute atomic E-state index is 13.0. The van der Waals surface area contributed by atoms with Crippen LogP contribution in [0.2, 0.25) is 5.02 Å². The standard InChI is InChI=1S/C19H18BrClN2O3/c1-19(2)6-13(24)16-14(7-19)26-18(23)11(8-22)15(16)10-4-9(21)5-12(20)17(10)25-3/h4-5,15H,6-7,23H2,1-3H3/t15-/m0/s1. The molecule has 1 atom stereocenters. The van der Waals surface area contributed by atoms with Crippen LogP contribution in [-0.4, -0.2) is 12.9 Å². The predicted molar refractivity (Wildman–Crippen MR) is 101 cm³/mol. The second-order valence-electron chi connectivity index (χ2n) is 7.21. The van der Waals surface area contributed by atoms with Gasteiger partial charge in [-0.15, -0.1) is 0 Å². The first kappa shape index (κ1) is 18.8. The summed E-state index contributed by atoms with van der Waals surface area (Å²) in [5, 5.41) is 10.1. The third-order valence-electron chi connectivity index (χ3n) is 4.63. The van der Waals surface area contributed by atoms with Gasteiger partial charge in [0.1, 0.15) is 23.2 Å². The third-order valence-corrected chi connectivity index (χ3v) is 5.43. The Morgan fingerprint density at radius 3 is 2.73 bits per heavy atom. The fourth-order valence-corrected chi connectivity index (χ4v) is 4.60. The van der Waals surface area contributed by atoms with Gasteiger partial charge in [-0.2, -0.15) is 5.26 Å². The van der Waals surface area contributed by atoms with Crippen molar-refractivity contribution in [2.24, 2.45) is 11.1 Å². The Balaban J connectivity index is 2.29. The molecule has 1 aromatic rings. The van der Waals surface area contributed by atoms with E-state index in [9.17, 15) is 10.1 Å². The minimum absolute atomic E-state index is 0.0138. The number of nitriles is 1. The van der Waals surface area contributed by atoms with E-state index in [0.717, 1.165) is 0 Å². The van der Waals surface area contributed by atoms with Gasteiger partial charge in [0, 0.05) is 29.0 Å². The van der Waals surface area contributed by atoms with Crippen LogP contribution < -0.4 is 10.5 Å². The van der Waals surface area contributed by atoms with Gasteiger partial charge < -0.3 is 15.2 Å². The number of carbonyl (C=O) groups is 1. The summed E-state index contributed by atoms with van der Waals surface area (Å²) in [5.41, 5.74) is 7.05. The number of nitrogens with zero attached hydrogens (tertiary/aromatic N) is 1. The zero-order chi connectivity index (χ0) is 19.2. The molecule has 0 unspecified atom stereocenters. The van der Waals surface area contributed by atoms with E-state index in [0.29, 0.717) is 45.0 Å². The van der Waals surface area contributed by atoms with Crippen LogP contribution in [0.15, 0.2) is 39.4 Å². The molecule has 136 valence electrons. The Labute approximate surface area is 165 Å². The Kier molecular flexibility index (Phi) is 4.80. The summed E-state index contributed by atoms with van der Waals surface area (Å²) >= 11 is 9.67. The largest absolute Gasteiger partial charge is 0.495 e. The molecule has 5 nitrogen and oxygen atoms in total. The molecule has 0 saturated carbocycles. The third kappa shape index (κ3) is 3.10. The van der Waals surface area contributed by atoms with Crippen LogP contribution in [0.5, 0.6) is 5.75 Å². The lowest BCUT2D eigenvalue weighted by Crippen LogP contribution is -2.33. The van der Waals surface area contributed by atoms with E-state index in [4.69, 9.17) is 26.8 Å². The van der Waals surface area contributed by atoms with Gasteiger partial charge in [-0.05, 0) is 33.5 Å². The van der Waals surface area contributed by atoms with Crippen LogP contribution in [0.25, 0.3) is 0 Å². The fraction of sp³-hybridized carbons (Fsp3) is 0.368. The second-order valence-corrected chi connectivity index (χ2v) is 8.50. The molecule has 0 fully saturated rings. The van der Waals surface area contributed by atoms with Crippen molar-refractivity contribution in [2.45, 2.75) is 32.6 Å². The molecule has 2 aliphatic rings. The van der Waals surface area contributed by atoms with Crippen LogP contribution in [0.4, 0.5) is 0 Å². The molecule has 1 aromatic carbocycles. The van der Waals surface area contributed by atoms with E-state index in [1.54, 1.807) is 12.1 Å². The second kappa shape index (κ2) is 6.64. The highest BCUT2D eigenvalue weighted by molar-refractivity contribution is 9.10. The van der Waals surface area contributed by atoms with Crippen molar-refractivity contribution in [3.63, 3.8) is 0 Å². The lowest BCUT2D eigenvalue weighted by molar-refractivity contribution is -0.119. The Bertz CT molecular complexity index is 912. The van der Waals surface area contributed by atoms with Crippen molar-refractivity contribution in [3.05, 3.63) is 50.0 Å². The molecule has 0 amide bonds. The van der Waals surface area contributed by atoms with Gasteiger partial charge in [0.25, 0.3) is 0 Å².